The van der Waals surface area contributed by atoms with Crippen molar-refractivity contribution in [2.45, 2.75) is 33.0 Å². The number of carbonyl (C=O) groups is 1. The number of piperazine rings is 1. The molecule has 0 bridgehead atoms. The number of halogens is 3. The van der Waals surface area contributed by atoms with E-state index in [1.165, 1.54) is 11.1 Å². The van der Waals surface area contributed by atoms with E-state index in [1.54, 1.807) is 18.7 Å². The Morgan fingerprint density at radius 1 is 0.897 bits per heavy atom. The summed E-state index contributed by atoms with van der Waals surface area (Å²) in [4.78, 5) is 16.7. The van der Waals surface area contributed by atoms with Gasteiger partial charge >= 0.3 is 64.5 Å². The van der Waals surface area contributed by atoms with Crippen LogP contribution in [0.4, 0.5) is 29.1 Å². The first-order chi connectivity index (χ1) is 18.1. The third-order valence-corrected chi connectivity index (χ3v) is 8.05. The molecule has 2 aliphatic rings. The fraction of sp³-hybridized carbons (Fsp3) is 0.345. The second-order valence-electron chi connectivity index (χ2n) is 10.3. The summed E-state index contributed by atoms with van der Waals surface area (Å²) in [5.41, 5.74) is 14.2. The monoisotopic (exact) mass is 561 g/mol. The number of nitrogens with zero attached hydrogens (tertiary/aromatic N) is 2. The fourth-order valence-electron chi connectivity index (χ4n) is 6.09. The molecule has 0 atom stereocenters. The number of benzene rings is 3. The molecule has 1 aliphatic heterocycles. The van der Waals surface area contributed by atoms with Gasteiger partial charge in [-0.1, -0.05) is 60.4 Å². The summed E-state index contributed by atoms with van der Waals surface area (Å²) >= 11 is 0. The van der Waals surface area contributed by atoms with Gasteiger partial charge in [0.05, 0.1) is 0 Å². The molecule has 200 valence electrons. The van der Waals surface area contributed by atoms with Gasteiger partial charge in [0.2, 0.25) is 0 Å². The van der Waals surface area contributed by atoms with Crippen LogP contribution in [-0.4, -0.2) is 50.8 Å². The second-order valence-corrected chi connectivity index (χ2v) is 10.3. The fourth-order valence-corrected chi connectivity index (χ4v) is 6.09. The van der Waals surface area contributed by atoms with E-state index in [9.17, 15) is 17.7 Å². The van der Waals surface area contributed by atoms with E-state index in [4.69, 9.17) is 10.5 Å². The van der Waals surface area contributed by atoms with Crippen LogP contribution in [0.15, 0.2) is 48.5 Å². The Hall–Kier alpha value is -1.98. The minimum absolute atomic E-state index is 0. The molecule has 3 aromatic carbocycles. The van der Waals surface area contributed by atoms with Crippen molar-refractivity contribution in [1.82, 2.24) is 4.90 Å². The summed E-state index contributed by atoms with van der Waals surface area (Å²) in [6.45, 7) is 2.33. The van der Waals surface area contributed by atoms with Gasteiger partial charge in [-0.2, -0.15) is 0 Å². The van der Waals surface area contributed by atoms with Gasteiger partial charge in [0.25, 0.3) is 0 Å². The molecule has 0 radical (unpaired) electrons. The summed E-state index contributed by atoms with van der Waals surface area (Å²) in [6.07, 6.45) is -1.32. The Balaban J connectivity index is 0.00000353. The number of fused-ring (bicyclic) bond motifs is 3. The number of carbonyl (C=O) groups excluding carboxylic acids is 1. The van der Waals surface area contributed by atoms with Gasteiger partial charge in [-0.25, -0.2) is 4.79 Å². The van der Waals surface area contributed by atoms with Crippen molar-refractivity contribution in [2.75, 3.05) is 43.4 Å². The number of nitrogen functional groups attached to an aromatic ring is 1. The molecule has 10 heteroatoms. The largest absolute Gasteiger partial charge is 1.00 e. The molecular weight excluding hydrogens is 529 g/mol. The van der Waals surface area contributed by atoms with Crippen LogP contribution in [0.5, 0.6) is 0 Å². The van der Waals surface area contributed by atoms with Gasteiger partial charge in [-0.15, -0.1) is 0 Å². The number of anilines is 2. The van der Waals surface area contributed by atoms with Crippen molar-refractivity contribution >= 4 is 24.4 Å². The molecule has 0 spiro atoms. The summed E-state index contributed by atoms with van der Waals surface area (Å²) < 4.78 is 45.8. The first-order valence-electron chi connectivity index (χ1n) is 13.0. The zero-order valence-electron chi connectivity index (χ0n) is 22.9. The number of ether oxygens (including phenoxy) is 1. The van der Waals surface area contributed by atoms with E-state index in [1.807, 2.05) is 36.1 Å². The summed E-state index contributed by atoms with van der Waals surface area (Å²) in [7, 11) is 0. The van der Waals surface area contributed by atoms with Crippen molar-refractivity contribution in [3.63, 3.8) is 0 Å². The van der Waals surface area contributed by atoms with Crippen LogP contribution in [-0.2, 0) is 11.1 Å². The molecule has 3 aromatic rings. The summed E-state index contributed by atoms with van der Waals surface area (Å²) in [5.74, 6) is -0.0119. The maximum Gasteiger partial charge on any atom is 1.00 e. The predicted octanol–water partition coefficient (Wildman–Crippen LogP) is 3.20. The van der Waals surface area contributed by atoms with E-state index in [-0.39, 0.29) is 75.6 Å². The van der Waals surface area contributed by atoms with Crippen molar-refractivity contribution in [1.29, 1.82) is 0 Å². The molecule has 5 rings (SSSR count). The van der Waals surface area contributed by atoms with E-state index in [0.717, 1.165) is 22.4 Å². The molecule has 1 amide bonds. The molecule has 2 N–H and O–H groups in total. The third kappa shape index (κ3) is 5.91. The van der Waals surface area contributed by atoms with Gasteiger partial charge in [0.1, 0.15) is 6.61 Å². The predicted molar refractivity (Wildman–Crippen MR) is 147 cm³/mol. The van der Waals surface area contributed by atoms with Crippen LogP contribution in [0.3, 0.4) is 0 Å². The molecule has 0 unspecified atom stereocenters. The quantitative estimate of drug-likeness (QED) is 0.384. The smallest absolute Gasteiger partial charge is 0.449 e. The van der Waals surface area contributed by atoms with Gasteiger partial charge in [-0.3, -0.25) is 0 Å². The Morgan fingerprint density at radius 2 is 1.44 bits per heavy atom. The zero-order chi connectivity index (χ0) is 27.2. The minimum Gasteiger partial charge on any atom is -0.449 e. The third-order valence-electron chi connectivity index (χ3n) is 8.05. The molecule has 0 saturated carbocycles. The van der Waals surface area contributed by atoms with Gasteiger partial charge in [0, 0.05) is 43.5 Å². The first-order valence-corrected chi connectivity index (χ1v) is 13.0. The van der Waals surface area contributed by atoms with Crippen LogP contribution in [0.2, 0.25) is 0 Å². The van der Waals surface area contributed by atoms with Gasteiger partial charge in [-0.05, 0) is 59.7 Å². The zero-order valence-corrected chi connectivity index (χ0v) is 26.1. The van der Waals surface area contributed by atoms with Crippen molar-refractivity contribution in [3.05, 3.63) is 81.9 Å². The maximum absolute atomic E-state index is 13.3. The molecule has 1 aliphatic carbocycles. The molecule has 1 saturated heterocycles. The van der Waals surface area contributed by atoms with E-state index in [0.29, 0.717) is 43.0 Å². The molecule has 1 fully saturated rings. The number of hydrogen-bond acceptors (Lipinski definition) is 4. The Labute approximate surface area is 270 Å². The van der Waals surface area contributed by atoms with E-state index >= 15 is 0 Å². The van der Waals surface area contributed by atoms with Gasteiger partial charge < -0.3 is 33.2 Å². The summed E-state index contributed by atoms with van der Waals surface area (Å²) in [5, 5.41) is 0. The molecule has 5 nitrogen and oxygen atoms in total. The second kappa shape index (κ2) is 11.9. The molecule has 39 heavy (non-hydrogen) atoms. The SMILES string of the molecule is Cc1c(N)c(C)c(N2CCN(C(=O)OCC3c4ccccc4-c4ccccc43)CC2)c(C)c1C[B-](F)(F)F.[K+]. The van der Waals surface area contributed by atoms with Crippen LogP contribution in [0.1, 0.15) is 39.3 Å². The average molecular weight is 561 g/mol. The Kier molecular flexibility index (Phi) is 9.12. The average Bonchev–Trinajstić information content (AvgIpc) is 3.22. The van der Waals surface area contributed by atoms with Crippen LogP contribution < -0.4 is 62.0 Å². The van der Waals surface area contributed by atoms with Crippen molar-refractivity contribution in [3.8, 4) is 11.1 Å². The first kappa shape index (κ1) is 30.0. The van der Waals surface area contributed by atoms with E-state index < -0.39 is 13.3 Å². The standard InChI is InChI=1S/C29H32BF3N3O2.K/c1-18-25(16-30(31,32)33)19(2)28(20(3)27(18)34)35-12-14-36(15-13-35)29(37)38-17-26-23-10-6-4-8-21(23)22-9-5-7-11-24(22)26;/h4-11,26H,12-17,34H2,1-3H3;/q-1;+1. The normalized spacial score (nSPS) is 15.0. The van der Waals surface area contributed by atoms with Crippen molar-refractivity contribution in [2.24, 2.45) is 0 Å². The minimum atomic E-state index is -4.99. The van der Waals surface area contributed by atoms with Crippen LogP contribution in [0.25, 0.3) is 11.1 Å². The number of amides is 1. The molecule has 0 aromatic heterocycles. The number of hydrogen-bond donors (Lipinski definition) is 1. The van der Waals surface area contributed by atoms with Gasteiger partial charge in [0.15, 0.2) is 0 Å². The van der Waals surface area contributed by atoms with Crippen LogP contribution >= 0.6 is 0 Å². The van der Waals surface area contributed by atoms with E-state index in [2.05, 4.69) is 24.3 Å². The van der Waals surface area contributed by atoms with Crippen LogP contribution in [0, 0.1) is 20.8 Å². The number of rotatable bonds is 5. The Bertz CT molecular complexity index is 1350. The summed E-state index contributed by atoms with van der Waals surface area (Å²) in [6, 6.07) is 16.4. The maximum atomic E-state index is 13.3. The molecular formula is C29H32BF3KN3O2. The van der Waals surface area contributed by atoms with Crippen molar-refractivity contribution < 1.29 is 73.9 Å². The topological polar surface area (TPSA) is 58.8 Å². The number of nitrogens with two attached hydrogens (primary N) is 1. The molecule has 1 heterocycles. The Morgan fingerprint density at radius 3 is 1.97 bits per heavy atom.